The zero-order valence-electron chi connectivity index (χ0n) is 14.7. The van der Waals surface area contributed by atoms with E-state index in [1.165, 1.54) is 0 Å². The lowest BCUT2D eigenvalue weighted by Gasteiger charge is -2.23. The molecular weight excluding hydrogens is 311 g/mol. The van der Waals surface area contributed by atoms with Crippen molar-refractivity contribution < 1.29 is 9.59 Å². The van der Waals surface area contributed by atoms with Gasteiger partial charge in [-0.25, -0.2) is 0 Å². The third-order valence-electron chi connectivity index (χ3n) is 4.28. The molecular formula is C20H23BN2O2. The van der Waals surface area contributed by atoms with E-state index in [-0.39, 0.29) is 12.3 Å². The second-order valence-corrected chi connectivity index (χ2v) is 5.83. The SMILES string of the molecule is CC.[B]c1ccc(CN2C(=O)C(N)(CCC=O)c3ccccc32)cc1. The number of benzene rings is 2. The molecule has 1 aliphatic rings. The second kappa shape index (κ2) is 8.12. The first-order chi connectivity index (χ1) is 12.1. The summed E-state index contributed by atoms with van der Waals surface area (Å²) in [6.07, 6.45) is 1.37. The molecule has 0 fully saturated rings. The molecule has 1 unspecified atom stereocenters. The average Bonchev–Trinajstić information content (AvgIpc) is 2.86. The first-order valence-corrected chi connectivity index (χ1v) is 8.54. The minimum absolute atomic E-state index is 0.169. The fraction of sp³-hybridized carbons (Fsp3) is 0.300. The summed E-state index contributed by atoms with van der Waals surface area (Å²) >= 11 is 0. The molecule has 1 heterocycles. The number of aldehydes is 1. The fourth-order valence-corrected chi connectivity index (χ4v) is 3.04. The van der Waals surface area contributed by atoms with E-state index in [1.54, 1.807) is 4.90 Å². The Labute approximate surface area is 150 Å². The van der Waals surface area contributed by atoms with Crippen LogP contribution in [0.15, 0.2) is 48.5 Å². The van der Waals surface area contributed by atoms with Crippen molar-refractivity contribution in [3.05, 3.63) is 59.7 Å². The number of nitrogens with two attached hydrogens (primary N) is 1. The lowest BCUT2D eigenvalue weighted by atomic mass is 9.88. The number of hydrogen-bond donors (Lipinski definition) is 1. The monoisotopic (exact) mass is 334 g/mol. The van der Waals surface area contributed by atoms with E-state index in [4.69, 9.17) is 13.6 Å². The molecule has 4 nitrogen and oxygen atoms in total. The Balaban J connectivity index is 0.00000109. The van der Waals surface area contributed by atoms with Gasteiger partial charge >= 0.3 is 0 Å². The zero-order valence-corrected chi connectivity index (χ0v) is 14.7. The summed E-state index contributed by atoms with van der Waals surface area (Å²) in [5.41, 5.74) is 8.51. The average molecular weight is 334 g/mol. The quantitative estimate of drug-likeness (QED) is 0.673. The Bertz CT molecular complexity index is 746. The summed E-state index contributed by atoms with van der Waals surface area (Å²) in [4.78, 5) is 25.3. The number of carbonyl (C=O) groups is 2. The summed E-state index contributed by atoms with van der Waals surface area (Å²) in [7, 11) is 5.70. The van der Waals surface area contributed by atoms with Gasteiger partial charge in [-0.15, -0.1) is 0 Å². The van der Waals surface area contributed by atoms with Crippen molar-refractivity contribution in [1.29, 1.82) is 0 Å². The molecule has 2 N–H and O–H groups in total. The van der Waals surface area contributed by atoms with Gasteiger partial charge in [0, 0.05) is 17.7 Å². The first-order valence-electron chi connectivity index (χ1n) is 8.54. The normalized spacial score (nSPS) is 18.4. The lowest BCUT2D eigenvalue weighted by Crippen LogP contribution is -2.47. The van der Waals surface area contributed by atoms with Crippen LogP contribution in [0.5, 0.6) is 0 Å². The second-order valence-electron chi connectivity index (χ2n) is 5.83. The molecule has 5 heteroatoms. The Morgan fingerprint density at radius 2 is 1.76 bits per heavy atom. The van der Waals surface area contributed by atoms with Gasteiger partial charge < -0.3 is 15.4 Å². The molecule has 1 amide bonds. The van der Waals surface area contributed by atoms with Gasteiger partial charge in [-0.2, -0.15) is 0 Å². The standard InChI is InChI=1S/C18H17BN2O2.C2H6/c19-14-8-6-13(7-9-14)12-21-16-5-2-1-4-15(16)18(20,17(21)23)10-3-11-22;1-2/h1-2,4-9,11H,3,10,12,20H2;1-2H3. The van der Waals surface area contributed by atoms with E-state index in [9.17, 15) is 9.59 Å². The third kappa shape index (κ3) is 3.66. The summed E-state index contributed by atoms with van der Waals surface area (Å²) in [5.74, 6) is -0.169. The smallest absolute Gasteiger partial charge is 0.252 e. The maximum atomic E-state index is 12.9. The Morgan fingerprint density at radius 1 is 1.12 bits per heavy atom. The number of anilines is 1. The van der Waals surface area contributed by atoms with Crippen molar-refractivity contribution in [2.24, 2.45) is 5.73 Å². The molecule has 0 aromatic heterocycles. The summed E-state index contributed by atoms with van der Waals surface area (Å²) in [6, 6.07) is 14.9. The van der Waals surface area contributed by atoms with Gasteiger partial charge in [-0.3, -0.25) is 4.79 Å². The number of nitrogens with zero attached hydrogens (tertiary/aromatic N) is 1. The summed E-state index contributed by atoms with van der Waals surface area (Å²) < 4.78 is 0. The van der Waals surface area contributed by atoms with Crippen LogP contribution in [0.3, 0.4) is 0 Å². The number of carbonyl (C=O) groups excluding carboxylic acids is 2. The Morgan fingerprint density at radius 3 is 2.40 bits per heavy atom. The minimum Gasteiger partial charge on any atom is -0.314 e. The van der Waals surface area contributed by atoms with Crippen LogP contribution >= 0.6 is 0 Å². The van der Waals surface area contributed by atoms with E-state index in [0.29, 0.717) is 18.4 Å². The van der Waals surface area contributed by atoms with Crippen molar-refractivity contribution >= 4 is 31.2 Å². The van der Waals surface area contributed by atoms with Crippen molar-refractivity contribution in [2.75, 3.05) is 4.90 Å². The van der Waals surface area contributed by atoms with E-state index in [2.05, 4.69) is 0 Å². The van der Waals surface area contributed by atoms with Crippen LogP contribution in [0.4, 0.5) is 5.69 Å². The molecule has 1 atom stereocenters. The molecule has 1 aliphatic heterocycles. The van der Waals surface area contributed by atoms with Crippen molar-refractivity contribution in [1.82, 2.24) is 0 Å². The molecule has 3 rings (SSSR count). The minimum atomic E-state index is -1.13. The van der Waals surface area contributed by atoms with Gasteiger partial charge in [0.2, 0.25) is 0 Å². The number of fused-ring (bicyclic) bond motifs is 1. The van der Waals surface area contributed by atoms with Gasteiger partial charge in [-0.05, 0) is 18.1 Å². The molecule has 25 heavy (non-hydrogen) atoms. The van der Waals surface area contributed by atoms with Gasteiger partial charge in [-0.1, -0.05) is 61.8 Å². The van der Waals surface area contributed by atoms with Crippen molar-refractivity contribution in [3.63, 3.8) is 0 Å². The highest BCUT2D eigenvalue weighted by Gasteiger charge is 2.47. The highest BCUT2D eigenvalue weighted by atomic mass is 16.2. The van der Waals surface area contributed by atoms with E-state index < -0.39 is 5.54 Å². The van der Waals surface area contributed by atoms with E-state index in [1.807, 2.05) is 62.4 Å². The Kier molecular flexibility index (Phi) is 6.15. The highest BCUT2D eigenvalue weighted by Crippen LogP contribution is 2.41. The van der Waals surface area contributed by atoms with Crippen LogP contribution in [0, 0.1) is 0 Å². The fourth-order valence-electron chi connectivity index (χ4n) is 3.04. The predicted octanol–water partition coefficient (Wildman–Crippen LogP) is 2.19. The van der Waals surface area contributed by atoms with Crippen molar-refractivity contribution in [2.45, 2.75) is 38.8 Å². The van der Waals surface area contributed by atoms with Crippen LogP contribution in [-0.2, 0) is 21.7 Å². The number of hydrogen-bond acceptors (Lipinski definition) is 3. The van der Waals surface area contributed by atoms with Crippen LogP contribution in [0.25, 0.3) is 0 Å². The van der Waals surface area contributed by atoms with Crippen molar-refractivity contribution in [3.8, 4) is 0 Å². The maximum absolute atomic E-state index is 12.9. The topological polar surface area (TPSA) is 63.4 Å². The molecule has 2 radical (unpaired) electrons. The molecule has 0 saturated carbocycles. The molecule has 0 bridgehead atoms. The third-order valence-corrected chi connectivity index (χ3v) is 4.28. The largest absolute Gasteiger partial charge is 0.314 e. The van der Waals surface area contributed by atoms with Crippen LogP contribution in [0.2, 0.25) is 0 Å². The molecule has 0 spiro atoms. The van der Waals surface area contributed by atoms with Crippen LogP contribution in [0.1, 0.15) is 37.8 Å². The molecule has 128 valence electrons. The molecule has 2 aromatic rings. The molecule has 0 aliphatic carbocycles. The molecule has 0 saturated heterocycles. The highest BCUT2D eigenvalue weighted by molar-refractivity contribution is 6.32. The Hall–Kier alpha value is -2.40. The zero-order chi connectivity index (χ0) is 18.4. The van der Waals surface area contributed by atoms with E-state index >= 15 is 0 Å². The van der Waals surface area contributed by atoms with E-state index in [0.717, 1.165) is 23.1 Å². The maximum Gasteiger partial charge on any atom is 0.252 e. The number of amides is 1. The summed E-state index contributed by atoms with van der Waals surface area (Å²) in [5, 5.41) is 0. The first kappa shape index (κ1) is 18.9. The van der Waals surface area contributed by atoms with Gasteiger partial charge in [0.25, 0.3) is 5.91 Å². The van der Waals surface area contributed by atoms with Gasteiger partial charge in [0.1, 0.15) is 19.7 Å². The summed E-state index contributed by atoms with van der Waals surface area (Å²) in [6.45, 7) is 4.43. The lowest BCUT2D eigenvalue weighted by molar-refractivity contribution is -0.123. The van der Waals surface area contributed by atoms with Gasteiger partial charge in [0.05, 0.1) is 6.54 Å². The number of rotatable bonds is 5. The van der Waals surface area contributed by atoms with Crippen LogP contribution in [-0.4, -0.2) is 20.0 Å². The van der Waals surface area contributed by atoms with Gasteiger partial charge in [0.15, 0.2) is 0 Å². The van der Waals surface area contributed by atoms with Crippen LogP contribution < -0.4 is 16.1 Å². The predicted molar refractivity (Wildman–Crippen MR) is 102 cm³/mol. The number of para-hydroxylation sites is 1. The molecule has 2 aromatic carbocycles.